The number of hydrogen-bond donors (Lipinski definition) is 0. The minimum Gasteiger partial charge on any atom is -0.454 e. The maximum absolute atomic E-state index is 12.3. The van der Waals surface area contributed by atoms with Gasteiger partial charge in [-0.3, -0.25) is 0 Å². The predicted octanol–water partition coefficient (Wildman–Crippen LogP) is 1.24. The molecule has 25 heavy (non-hydrogen) atoms. The Hall–Kier alpha value is -2.72. The molecule has 0 bridgehead atoms. The molecule has 0 amide bonds. The van der Waals surface area contributed by atoms with Gasteiger partial charge in [0.05, 0.1) is 5.69 Å². The highest BCUT2D eigenvalue weighted by molar-refractivity contribution is 7.88. The zero-order valence-corrected chi connectivity index (χ0v) is 14.6. The van der Waals surface area contributed by atoms with E-state index < -0.39 is 16.0 Å². The molecule has 3 aromatic heterocycles. The van der Waals surface area contributed by atoms with Crippen molar-refractivity contribution in [1.82, 2.24) is 18.9 Å². The minimum absolute atomic E-state index is 0.203. The lowest BCUT2D eigenvalue weighted by atomic mass is 10.2. The van der Waals surface area contributed by atoms with Gasteiger partial charge in [-0.15, -0.1) is 0 Å². The smallest absolute Gasteiger partial charge is 0.344 e. The average molecular weight is 364 g/mol. The first-order valence-electron chi connectivity index (χ1n) is 7.29. The molecule has 0 fully saturated rings. The summed E-state index contributed by atoms with van der Waals surface area (Å²) in [4.78, 5) is 16.5. The van der Waals surface area contributed by atoms with Crippen LogP contribution in [0, 0.1) is 6.92 Å². The summed E-state index contributed by atoms with van der Waals surface area (Å²) in [6, 6.07) is 4.47. The lowest BCUT2D eigenvalue weighted by Crippen LogP contribution is -2.21. The van der Waals surface area contributed by atoms with Crippen molar-refractivity contribution in [3.8, 4) is 0 Å². The Balaban J connectivity index is 1.77. The summed E-state index contributed by atoms with van der Waals surface area (Å²) in [5.41, 5.74) is 1.13. The topological polar surface area (TPSA) is 107 Å². The van der Waals surface area contributed by atoms with Crippen LogP contribution in [0.3, 0.4) is 0 Å². The molecule has 0 aliphatic heterocycles. The number of carbonyl (C=O) groups excluding carboxylic acids is 1. The van der Waals surface area contributed by atoms with Gasteiger partial charge in [-0.1, -0.05) is 0 Å². The molecule has 10 heteroatoms. The summed E-state index contributed by atoms with van der Waals surface area (Å²) < 4.78 is 36.9. The number of carbonyl (C=O) groups is 1. The van der Waals surface area contributed by atoms with Gasteiger partial charge in [0, 0.05) is 26.5 Å². The first kappa shape index (κ1) is 17.1. The van der Waals surface area contributed by atoms with Crippen molar-refractivity contribution in [2.24, 2.45) is 0 Å². The Morgan fingerprint density at radius 1 is 1.36 bits per heavy atom. The fraction of sp³-hybridized carbons (Fsp3) is 0.267. The van der Waals surface area contributed by atoms with Crippen molar-refractivity contribution in [2.45, 2.75) is 18.6 Å². The molecule has 3 heterocycles. The van der Waals surface area contributed by atoms with Crippen molar-refractivity contribution in [1.29, 1.82) is 0 Å². The number of nitrogens with zero attached hydrogens (tertiary/aromatic N) is 4. The highest BCUT2D eigenvalue weighted by Gasteiger charge is 2.23. The van der Waals surface area contributed by atoms with Gasteiger partial charge in [-0.25, -0.2) is 27.0 Å². The Morgan fingerprint density at radius 2 is 2.12 bits per heavy atom. The van der Waals surface area contributed by atoms with E-state index in [9.17, 15) is 13.2 Å². The van der Waals surface area contributed by atoms with Crippen LogP contribution >= 0.6 is 0 Å². The number of furan rings is 1. The summed E-state index contributed by atoms with van der Waals surface area (Å²) in [6.07, 6.45) is 3.23. The maximum Gasteiger partial charge on any atom is 0.344 e. The third kappa shape index (κ3) is 3.13. The lowest BCUT2D eigenvalue weighted by Gasteiger charge is -2.07. The van der Waals surface area contributed by atoms with Crippen molar-refractivity contribution in [3.63, 3.8) is 0 Å². The van der Waals surface area contributed by atoms with E-state index in [1.165, 1.54) is 30.7 Å². The summed E-state index contributed by atoms with van der Waals surface area (Å²) in [6.45, 7) is 1.48. The van der Waals surface area contributed by atoms with E-state index in [0.29, 0.717) is 11.3 Å². The molecule has 132 valence electrons. The molecule has 0 unspecified atom stereocenters. The zero-order valence-electron chi connectivity index (χ0n) is 13.8. The van der Waals surface area contributed by atoms with Crippen LogP contribution in [0.5, 0.6) is 0 Å². The number of rotatable bonds is 5. The largest absolute Gasteiger partial charge is 0.454 e. The number of esters is 1. The van der Waals surface area contributed by atoms with Gasteiger partial charge in [0.15, 0.2) is 5.65 Å². The lowest BCUT2D eigenvalue weighted by molar-refractivity contribution is 0.0442. The number of sulfonamides is 1. The number of aryl methyl sites for hydroxylation is 1. The fourth-order valence-electron chi connectivity index (χ4n) is 2.20. The van der Waals surface area contributed by atoms with Crippen molar-refractivity contribution in [2.75, 3.05) is 14.1 Å². The van der Waals surface area contributed by atoms with Gasteiger partial charge >= 0.3 is 5.97 Å². The predicted molar refractivity (Wildman–Crippen MR) is 86.4 cm³/mol. The van der Waals surface area contributed by atoms with E-state index in [-0.39, 0.29) is 23.0 Å². The highest BCUT2D eigenvalue weighted by Crippen LogP contribution is 2.19. The van der Waals surface area contributed by atoms with Gasteiger partial charge in [0.1, 0.15) is 17.9 Å². The first-order valence-corrected chi connectivity index (χ1v) is 8.73. The molecular weight excluding hydrogens is 348 g/mol. The normalized spacial score (nSPS) is 12.0. The van der Waals surface area contributed by atoms with Crippen LogP contribution in [-0.2, 0) is 21.4 Å². The van der Waals surface area contributed by atoms with Crippen LogP contribution in [0.25, 0.3) is 5.65 Å². The van der Waals surface area contributed by atoms with Crippen LogP contribution < -0.4 is 0 Å². The molecule has 3 aromatic rings. The van der Waals surface area contributed by atoms with Gasteiger partial charge < -0.3 is 9.15 Å². The average Bonchev–Trinajstić information content (AvgIpc) is 3.16. The van der Waals surface area contributed by atoms with Crippen LogP contribution in [0.2, 0.25) is 0 Å². The molecule has 3 rings (SSSR count). The van der Waals surface area contributed by atoms with E-state index in [4.69, 9.17) is 9.15 Å². The van der Waals surface area contributed by atoms with E-state index >= 15 is 0 Å². The molecule has 0 spiro atoms. The third-order valence-electron chi connectivity index (χ3n) is 3.49. The van der Waals surface area contributed by atoms with E-state index in [0.717, 1.165) is 4.31 Å². The molecule has 0 aliphatic carbocycles. The van der Waals surface area contributed by atoms with Gasteiger partial charge in [0.25, 0.3) is 10.0 Å². The molecule has 0 atom stereocenters. The maximum atomic E-state index is 12.3. The summed E-state index contributed by atoms with van der Waals surface area (Å²) >= 11 is 0. The molecule has 0 saturated heterocycles. The standard InChI is InChI=1S/C15H16N4O5S/c1-10-13(14-16-7-4-8-19(14)17-10)15(20)23-9-11-5-6-12(24-11)25(21,22)18(2)3/h4-8H,9H2,1-3H3. The van der Waals surface area contributed by atoms with Gasteiger partial charge in [0.2, 0.25) is 5.09 Å². The van der Waals surface area contributed by atoms with Crippen molar-refractivity contribution in [3.05, 3.63) is 47.6 Å². The Bertz CT molecular complexity index is 1040. The third-order valence-corrected chi connectivity index (χ3v) is 5.18. The first-order chi connectivity index (χ1) is 11.8. The number of fused-ring (bicyclic) bond motifs is 1. The molecule has 0 aliphatic rings. The summed E-state index contributed by atoms with van der Waals surface area (Å²) in [5.74, 6) is -0.393. The second kappa shape index (κ2) is 6.30. The van der Waals surface area contributed by atoms with Crippen LogP contribution in [-0.4, -0.2) is 47.4 Å². The van der Waals surface area contributed by atoms with Crippen LogP contribution in [0.4, 0.5) is 0 Å². The molecule has 0 saturated carbocycles. The van der Waals surface area contributed by atoms with Crippen molar-refractivity contribution < 1.29 is 22.4 Å². The molecular formula is C15H16N4O5S. The Kier molecular flexibility index (Phi) is 4.31. The number of ether oxygens (including phenoxy) is 1. The van der Waals surface area contributed by atoms with E-state index in [1.807, 2.05) is 0 Å². The zero-order chi connectivity index (χ0) is 18.2. The summed E-state index contributed by atoms with van der Waals surface area (Å²) in [7, 11) is -0.868. The molecule has 9 nitrogen and oxygen atoms in total. The van der Waals surface area contributed by atoms with E-state index in [1.54, 1.807) is 25.4 Å². The quantitative estimate of drug-likeness (QED) is 0.627. The molecule has 0 aromatic carbocycles. The number of aromatic nitrogens is 3. The second-order valence-electron chi connectivity index (χ2n) is 5.43. The monoisotopic (exact) mass is 364 g/mol. The van der Waals surface area contributed by atoms with Crippen molar-refractivity contribution >= 4 is 21.6 Å². The number of hydrogen-bond acceptors (Lipinski definition) is 7. The minimum atomic E-state index is -3.67. The second-order valence-corrected chi connectivity index (χ2v) is 7.52. The van der Waals surface area contributed by atoms with E-state index in [2.05, 4.69) is 10.1 Å². The van der Waals surface area contributed by atoms with Gasteiger partial charge in [-0.05, 0) is 25.1 Å². The highest BCUT2D eigenvalue weighted by atomic mass is 32.2. The van der Waals surface area contributed by atoms with Crippen LogP contribution in [0.15, 0.2) is 40.1 Å². The summed E-state index contributed by atoms with van der Waals surface area (Å²) in [5, 5.41) is 3.98. The Labute approximate surface area is 143 Å². The Morgan fingerprint density at radius 3 is 2.84 bits per heavy atom. The van der Waals surface area contributed by atoms with Crippen LogP contribution in [0.1, 0.15) is 21.8 Å². The SMILES string of the molecule is Cc1nn2cccnc2c1C(=O)OCc1ccc(S(=O)(=O)N(C)C)o1. The molecule has 0 N–H and O–H groups in total. The fourth-order valence-corrected chi connectivity index (χ4v) is 3.01. The van der Waals surface area contributed by atoms with Gasteiger partial charge in [-0.2, -0.15) is 5.10 Å². The molecule has 0 radical (unpaired) electrons.